The molecule has 0 amide bonds. The number of methoxy groups -OCH3 is 1. The number of halogens is 4. The molecule has 1 saturated heterocycles. The van der Waals surface area contributed by atoms with E-state index in [0.29, 0.717) is 43.9 Å². The second-order valence-corrected chi connectivity index (χ2v) is 8.20. The van der Waals surface area contributed by atoms with E-state index in [2.05, 4.69) is 4.90 Å². The van der Waals surface area contributed by atoms with Crippen LogP contribution in [-0.2, 0) is 22.1 Å². The minimum Gasteiger partial charge on any atom is -0.492 e. The minimum atomic E-state index is -4.45. The standard InChI is InChI=1S/C23H25ClF3NO3/c1-30-21(29)22(16-17-6-8-18(24)9-7-17)10-12-28(13-11-22)14-15-31-20-5-3-2-4-19(20)23(25,26)27/h2-9H,10-16H2,1H3. The Morgan fingerprint density at radius 3 is 2.35 bits per heavy atom. The van der Waals surface area contributed by atoms with Crippen LogP contribution in [-0.4, -0.2) is 44.2 Å². The first-order valence-electron chi connectivity index (χ1n) is 10.1. The van der Waals surface area contributed by atoms with Gasteiger partial charge in [0.25, 0.3) is 0 Å². The van der Waals surface area contributed by atoms with Crippen LogP contribution in [0.25, 0.3) is 0 Å². The highest BCUT2D eigenvalue weighted by Crippen LogP contribution is 2.38. The Kier molecular flexibility index (Phi) is 7.49. The van der Waals surface area contributed by atoms with E-state index in [-0.39, 0.29) is 18.3 Å². The molecule has 0 bridgehead atoms. The summed E-state index contributed by atoms with van der Waals surface area (Å²) in [5, 5.41) is 0.637. The Morgan fingerprint density at radius 1 is 1.10 bits per heavy atom. The summed E-state index contributed by atoms with van der Waals surface area (Å²) >= 11 is 5.95. The third-order valence-corrected chi connectivity index (χ3v) is 6.00. The van der Waals surface area contributed by atoms with Crippen molar-refractivity contribution in [2.24, 2.45) is 5.41 Å². The first-order chi connectivity index (χ1) is 14.7. The molecule has 0 aliphatic carbocycles. The number of likely N-dealkylation sites (tertiary alicyclic amines) is 1. The van der Waals surface area contributed by atoms with Gasteiger partial charge in [0.1, 0.15) is 12.4 Å². The maximum absolute atomic E-state index is 13.1. The predicted molar refractivity (Wildman–Crippen MR) is 112 cm³/mol. The number of alkyl halides is 3. The lowest BCUT2D eigenvalue weighted by molar-refractivity contribution is -0.156. The van der Waals surface area contributed by atoms with Gasteiger partial charge in [-0.2, -0.15) is 13.2 Å². The molecule has 168 valence electrons. The van der Waals surface area contributed by atoms with Crippen molar-refractivity contribution < 1.29 is 27.4 Å². The van der Waals surface area contributed by atoms with Crippen LogP contribution in [0.5, 0.6) is 5.75 Å². The Morgan fingerprint density at radius 2 is 1.74 bits per heavy atom. The molecule has 0 saturated carbocycles. The van der Waals surface area contributed by atoms with E-state index in [1.807, 2.05) is 12.1 Å². The van der Waals surface area contributed by atoms with Gasteiger partial charge in [0.15, 0.2) is 0 Å². The van der Waals surface area contributed by atoms with E-state index < -0.39 is 17.2 Å². The zero-order chi connectivity index (χ0) is 22.5. The molecular formula is C23H25ClF3NO3. The van der Waals surface area contributed by atoms with Crippen molar-refractivity contribution in [2.45, 2.75) is 25.4 Å². The average Bonchev–Trinajstić information content (AvgIpc) is 2.75. The summed E-state index contributed by atoms with van der Waals surface area (Å²) in [6.45, 7) is 1.87. The van der Waals surface area contributed by atoms with Crippen LogP contribution >= 0.6 is 11.6 Å². The molecule has 1 aliphatic rings. The van der Waals surface area contributed by atoms with Crippen molar-refractivity contribution in [3.05, 3.63) is 64.7 Å². The molecule has 1 aliphatic heterocycles. The Bertz CT molecular complexity index is 878. The third-order valence-electron chi connectivity index (χ3n) is 5.74. The monoisotopic (exact) mass is 455 g/mol. The lowest BCUT2D eigenvalue weighted by atomic mass is 9.73. The molecule has 0 aromatic heterocycles. The fraction of sp³-hybridized carbons (Fsp3) is 0.435. The summed E-state index contributed by atoms with van der Waals surface area (Å²) < 4.78 is 49.8. The van der Waals surface area contributed by atoms with Gasteiger partial charge in [-0.05, 0) is 62.2 Å². The lowest BCUT2D eigenvalue weighted by Crippen LogP contribution is -2.47. The zero-order valence-electron chi connectivity index (χ0n) is 17.3. The second kappa shape index (κ2) is 9.92. The van der Waals surface area contributed by atoms with Gasteiger partial charge in [-0.3, -0.25) is 9.69 Å². The van der Waals surface area contributed by atoms with E-state index in [4.69, 9.17) is 21.1 Å². The van der Waals surface area contributed by atoms with E-state index in [0.717, 1.165) is 11.6 Å². The lowest BCUT2D eigenvalue weighted by Gasteiger charge is -2.39. The molecule has 0 N–H and O–H groups in total. The number of hydrogen-bond donors (Lipinski definition) is 0. The number of carbonyl (C=O) groups is 1. The molecule has 8 heteroatoms. The predicted octanol–water partition coefficient (Wildman–Crippen LogP) is 5.24. The average molecular weight is 456 g/mol. The molecule has 0 spiro atoms. The molecule has 1 fully saturated rings. The van der Waals surface area contributed by atoms with Crippen LogP contribution in [0.2, 0.25) is 5.02 Å². The van der Waals surface area contributed by atoms with Crippen LogP contribution < -0.4 is 4.74 Å². The zero-order valence-corrected chi connectivity index (χ0v) is 18.0. The number of para-hydroxylation sites is 1. The van der Waals surface area contributed by atoms with Crippen LogP contribution in [0.1, 0.15) is 24.0 Å². The number of ether oxygens (including phenoxy) is 2. The van der Waals surface area contributed by atoms with Gasteiger partial charge in [-0.1, -0.05) is 35.9 Å². The fourth-order valence-corrected chi connectivity index (χ4v) is 4.10. The molecule has 2 aromatic rings. The maximum Gasteiger partial charge on any atom is 0.419 e. The molecule has 0 radical (unpaired) electrons. The van der Waals surface area contributed by atoms with Crippen LogP contribution in [0, 0.1) is 5.41 Å². The van der Waals surface area contributed by atoms with E-state index in [9.17, 15) is 18.0 Å². The molecule has 0 unspecified atom stereocenters. The van der Waals surface area contributed by atoms with E-state index >= 15 is 0 Å². The van der Waals surface area contributed by atoms with Gasteiger partial charge < -0.3 is 9.47 Å². The van der Waals surface area contributed by atoms with Crippen molar-refractivity contribution in [1.29, 1.82) is 0 Å². The maximum atomic E-state index is 13.1. The Labute approximate surface area is 184 Å². The summed E-state index contributed by atoms with van der Waals surface area (Å²) in [4.78, 5) is 14.7. The van der Waals surface area contributed by atoms with Crippen molar-refractivity contribution in [2.75, 3.05) is 33.4 Å². The summed E-state index contributed by atoms with van der Waals surface area (Å²) in [5.74, 6) is -0.406. The first-order valence-corrected chi connectivity index (χ1v) is 10.5. The van der Waals surface area contributed by atoms with Crippen LogP contribution in [0.15, 0.2) is 48.5 Å². The van der Waals surface area contributed by atoms with Gasteiger partial charge >= 0.3 is 12.1 Å². The highest BCUT2D eigenvalue weighted by molar-refractivity contribution is 6.30. The van der Waals surface area contributed by atoms with Crippen molar-refractivity contribution in [3.8, 4) is 5.75 Å². The van der Waals surface area contributed by atoms with Gasteiger partial charge in [-0.25, -0.2) is 0 Å². The molecule has 4 nitrogen and oxygen atoms in total. The number of hydrogen-bond acceptors (Lipinski definition) is 4. The van der Waals surface area contributed by atoms with Crippen molar-refractivity contribution >= 4 is 17.6 Å². The number of nitrogens with zero attached hydrogens (tertiary/aromatic N) is 1. The minimum absolute atomic E-state index is 0.134. The summed E-state index contributed by atoms with van der Waals surface area (Å²) in [6, 6.07) is 12.6. The summed E-state index contributed by atoms with van der Waals surface area (Å²) in [7, 11) is 1.39. The van der Waals surface area contributed by atoms with Crippen molar-refractivity contribution in [1.82, 2.24) is 4.90 Å². The summed E-state index contributed by atoms with van der Waals surface area (Å²) in [6.07, 6.45) is -2.70. The highest BCUT2D eigenvalue weighted by Gasteiger charge is 2.42. The van der Waals surface area contributed by atoms with E-state index in [1.54, 1.807) is 12.1 Å². The van der Waals surface area contributed by atoms with Crippen molar-refractivity contribution in [3.63, 3.8) is 0 Å². The smallest absolute Gasteiger partial charge is 0.419 e. The molecule has 3 rings (SSSR count). The fourth-order valence-electron chi connectivity index (χ4n) is 3.98. The number of benzene rings is 2. The quantitative estimate of drug-likeness (QED) is 0.535. The van der Waals surface area contributed by atoms with Gasteiger partial charge in [0.05, 0.1) is 18.1 Å². The Hall–Kier alpha value is -2.25. The number of piperidine rings is 1. The van der Waals surface area contributed by atoms with Gasteiger partial charge in [0.2, 0.25) is 0 Å². The van der Waals surface area contributed by atoms with Gasteiger partial charge in [0, 0.05) is 11.6 Å². The SMILES string of the molecule is COC(=O)C1(Cc2ccc(Cl)cc2)CCN(CCOc2ccccc2C(F)(F)F)CC1. The normalized spacial score (nSPS) is 16.7. The number of esters is 1. The Balaban J connectivity index is 1.57. The second-order valence-electron chi connectivity index (χ2n) is 7.76. The molecule has 31 heavy (non-hydrogen) atoms. The summed E-state index contributed by atoms with van der Waals surface area (Å²) in [5.41, 5.74) is -0.389. The topological polar surface area (TPSA) is 38.8 Å². The number of rotatable bonds is 7. The third kappa shape index (κ3) is 5.92. The largest absolute Gasteiger partial charge is 0.492 e. The van der Waals surface area contributed by atoms with Crippen LogP contribution in [0.3, 0.4) is 0 Å². The highest BCUT2D eigenvalue weighted by atomic mass is 35.5. The molecule has 2 aromatic carbocycles. The molecule has 0 atom stereocenters. The molecule has 1 heterocycles. The molecular weight excluding hydrogens is 431 g/mol. The van der Waals surface area contributed by atoms with Crippen LogP contribution in [0.4, 0.5) is 13.2 Å². The van der Waals surface area contributed by atoms with E-state index in [1.165, 1.54) is 25.3 Å². The number of carbonyl (C=O) groups excluding carboxylic acids is 1. The first kappa shape index (κ1) is 23.4. The van der Waals surface area contributed by atoms with Gasteiger partial charge in [-0.15, -0.1) is 0 Å².